The van der Waals surface area contributed by atoms with E-state index in [2.05, 4.69) is 9.71 Å². The van der Waals surface area contributed by atoms with Gasteiger partial charge in [-0.25, -0.2) is 8.42 Å². The van der Waals surface area contributed by atoms with Crippen molar-refractivity contribution in [3.63, 3.8) is 0 Å². The van der Waals surface area contributed by atoms with E-state index in [0.717, 1.165) is 10.2 Å². The molecule has 4 aromatic rings. The number of thiazole rings is 1. The van der Waals surface area contributed by atoms with Gasteiger partial charge in [0.05, 0.1) is 21.7 Å². The Labute approximate surface area is 200 Å². The fourth-order valence-corrected chi connectivity index (χ4v) is 5.35. The van der Waals surface area contributed by atoms with E-state index in [1.54, 1.807) is 29.7 Å². The first-order valence-electron chi connectivity index (χ1n) is 10.4. The van der Waals surface area contributed by atoms with Crippen LogP contribution < -0.4 is 9.52 Å². The van der Waals surface area contributed by atoms with Crippen LogP contribution in [0.15, 0.2) is 88.8 Å². The van der Waals surface area contributed by atoms with Crippen LogP contribution in [0.3, 0.4) is 0 Å². The summed E-state index contributed by atoms with van der Waals surface area (Å²) < 4.78 is 35.0. The van der Waals surface area contributed by atoms with Crippen LogP contribution in [0.1, 0.15) is 17.3 Å². The van der Waals surface area contributed by atoms with Crippen LogP contribution in [-0.4, -0.2) is 31.5 Å². The van der Waals surface area contributed by atoms with E-state index in [4.69, 9.17) is 4.74 Å². The number of benzene rings is 3. The van der Waals surface area contributed by atoms with Gasteiger partial charge in [-0.05, 0) is 55.5 Å². The first-order valence-corrected chi connectivity index (χ1v) is 12.7. The number of anilines is 1. The van der Waals surface area contributed by atoms with Gasteiger partial charge in [0.25, 0.3) is 15.9 Å². The monoisotopic (exact) mass is 495 g/mol. The zero-order valence-electron chi connectivity index (χ0n) is 18.2. The molecule has 8 nitrogen and oxygen atoms in total. The van der Waals surface area contributed by atoms with E-state index < -0.39 is 21.9 Å². The van der Waals surface area contributed by atoms with E-state index in [1.165, 1.54) is 47.7 Å². The number of nitrogens with zero attached hydrogens (tertiary/aromatic N) is 2. The number of aromatic nitrogens is 1. The quantitative estimate of drug-likeness (QED) is 0.393. The minimum Gasteiger partial charge on any atom is -0.465 e. The summed E-state index contributed by atoms with van der Waals surface area (Å²) in [5, 5.41) is 0. The van der Waals surface area contributed by atoms with Crippen molar-refractivity contribution in [1.29, 1.82) is 0 Å². The van der Waals surface area contributed by atoms with Gasteiger partial charge in [-0.3, -0.25) is 14.3 Å². The second kappa shape index (κ2) is 10.0. The summed E-state index contributed by atoms with van der Waals surface area (Å²) in [5.41, 5.74) is 1.38. The van der Waals surface area contributed by atoms with Crippen LogP contribution in [0.5, 0.6) is 0 Å². The molecular formula is C24H21N3O5S2. The zero-order valence-corrected chi connectivity index (χ0v) is 19.8. The Hall–Kier alpha value is -3.76. The fraction of sp³-hybridized carbons (Fsp3) is 0.125. The molecule has 0 unspecified atom stereocenters. The average molecular weight is 496 g/mol. The topological polar surface area (TPSA) is 107 Å². The largest absolute Gasteiger partial charge is 0.465 e. The van der Waals surface area contributed by atoms with Gasteiger partial charge < -0.3 is 9.30 Å². The first kappa shape index (κ1) is 23.4. The minimum atomic E-state index is -3.74. The maximum atomic E-state index is 12.8. The number of amides is 1. The molecule has 1 N–H and O–H groups in total. The number of fused-ring (bicyclic) bond motifs is 1. The number of hydrogen-bond acceptors (Lipinski definition) is 6. The Bertz CT molecular complexity index is 1510. The standard InChI is InChI=1S/C24H21N3O5S2/c1-2-32-22(28)16-27-20-10-6-7-11-21(20)33-24(27)25-23(29)17-12-14-18(15-13-17)26-34(30,31)19-8-4-3-5-9-19/h3-15,26H,2,16H2,1H3. The van der Waals surface area contributed by atoms with E-state index in [0.29, 0.717) is 10.5 Å². The van der Waals surface area contributed by atoms with Crippen LogP contribution in [-0.2, 0) is 26.1 Å². The Morgan fingerprint density at radius 1 is 0.971 bits per heavy atom. The molecule has 3 aromatic carbocycles. The number of hydrogen-bond donors (Lipinski definition) is 1. The molecule has 4 rings (SSSR count). The molecule has 1 aromatic heterocycles. The molecule has 0 aliphatic carbocycles. The van der Waals surface area contributed by atoms with Gasteiger partial charge in [0.2, 0.25) is 0 Å². The predicted molar refractivity (Wildman–Crippen MR) is 130 cm³/mol. The van der Waals surface area contributed by atoms with Gasteiger partial charge in [0.15, 0.2) is 4.80 Å². The zero-order chi connectivity index (χ0) is 24.1. The SMILES string of the molecule is CCOC(=O)Cn1c(=NC(=O)c2ccc(NS(=O)(=O)c3ccccc3)cc2)sc2ccccc21. The number of carbonyl (C=O) groups excluding carboxylic acids is 2. The highest BCUT2D eigenvalue weighted by Crippen LogP contribution is 2.19. The van der Waals surface area contributed by atoms with Crippen LogP contribution in [0.25, 0.3) is 10.2 Å². The fourth-order valence-electron chi connectivity index (χ4n) is 3.24. The van der Waals surface area contributed by atoms with E-state index in [9.17, 15) is 18.0 Å². The Balaban J connectivity index is 1.60. The summed E-state index contributed by atoms with van der Waals surface area (Å²) in [6.45, 7) is 1.92. The Kier molecular flexibility index (Phi) is 6.90. The van der Waals surface area contributed by atoms with Gasteiger partial charge in [-0.2, -0.15) is 4.99 Å². The third kappa shape index (κ3) is 5.24. The second-order valence-electron chi connectivity index (χ2n) is 7.16. The lowest BCUT2D eigenvalue weighted by atomic mass is 10.2. The van der Waals surface area contributed by atoms with Crippen molar-refractivity contribution in [2.24, 2.45) is 4.99 Å². The summed E-state index contributed by atoms with van der Waals surface area (Å²) in [6, 6.07) is 21.4. The van der Waals surface area contributed by atoms with Gasteiger partial charge in [0.1, 0.15) is 6.54 Å². The third-order valence-electron chi connectivity index (χ3n) is 4.82. The average Bonchev–Trinajstić information content (AvgIpc) is 3.16. The smallest absolute Gasteiger partial charge is 0.326 e. The van der Waals surface area contributed by atoms with Crippen LogP contribution in [0.2, 0.25) is 0 Å². The molecule has 1 amide bonds. The molecule has 0 radical (unpaired) electrons. The highest BCUT2D eigenvalue weighted by atomic mass is 32.2. The number of rotatable bonds is 7. The summed E-state index contributed by atoms with van der Waals surface area (Å²) in [7, 11) is -3.74. The molecule has 1 heterocycles. The lowest BCUT2D eigenvalue weighted by Crippen LogP contribution is -2.23. The molecule has 0 bridgehead atoms. The van der Waals surface area contributed by atoms with Crippen molar-refractivity contribution in [2.75, 3.05) is 11.3 Å². The van der Waals surface area contributed by atoms with Gasteiger partial charge >= 0.3 is 5.97 Å². The van der Waals surface area contributed by atoms with Crippen molar-refractivity contribution in [1.82, 2.24) is 4.57 Å². The van der Waals surface area contributed by atoms with E-state index in [-0.39, 0.29) is 23.6 Å². The molecule has 174 valence electrons. The van der Waals surface area contributed by atoms with Crippen molar-refractivity contribution < 1.29 is 22.7 Å². The molecule has 10 heteroatoms. The number of nitrogens with one attached hydrogen (secondary N) is 1. The van der Waals surface area contributed by atoms with Crippen molar-refractivity contribution >= 4 is 49.1 Å². The lowest BCUT2D eigenvalue weighted by molar-refractivity contribution is -0.143. The Morgan fingerprint density at radius 2 is 1.65 bits per heavy atom. The molecule has 0 spiro atoms. The summed E-state index contributed by atoms with van der Waals surface area (Å²) in [4.78, 5) is 29.7. The van der Waals surface area contributed by atoms with Crippen LogP contribution in [0, 0.1) is 0 Å². The first-order chi connectivity index (χ1) is 16.4. The molecule has 0 fully saturated rings. The van der Waals surface area contributed by atoms with Crippen LogP contribution in [0.4, 0.5) is 5.69 Å². The lowest BCUT2D eigenvalue weighted by Gasteiger charge is -2.08. The van der Waals surface area contributed by atoms with Crippen molar-refractivity contribution in [3.05, 3.63) is 89.2 Å². The maximum Gasteiger partial charge on any atom is 0.326 e. The van der Waals surface area contributed by atoms with E-state index in [1.807, 2.05) is 24.3 Å². The third-order valence-corrected chi connectivity index (χ3v) is 7.27. The number of para-hydroxylation sites is 1. The molecule has 34 heavy (non-hydrogen) atoms. The normalized spacial score (nSPS) is 12.0. The molecule has 0 saturated heterocycles. The molecule has 0 aliphatic heterocycles. The van der Waals surface area contributed by atoms with Gasteiger partial charge in [-0.1, -0.05) is 41.7 Å². The minimum absolute atomic E-state index is 0.0653. The van der Waals surface area contributed by atoms with Crippen molar-refractivity contribution in [2.45, 2.75) is 18.4 Å². The number of carbonyl (C=O) groups is 2. The molecule has 0 saturated carbocycles. The molecular weight excluding hydrogens is 474 g/mol. The van der Waals surface area contributed by atoms with Crippen molar-refractivity contribution in [3.8, 4) is 0 Å². The number of esters is 1. The van der Waals surface area contributed by atoms with E-state index >= 15 is 0 Å². The highest BCUT2D eigenvalue weighted by molar-refractivity contribution is 7.92. The second-order valence-corrected chi connectivity index (χ2v) is 9.85. The summed E-state index contributed by atoms with van der Waals surface area (Å²) in [6.07, 6.45) is 0. The summed E-state index contributed by atoms with van der Waals surface area (Å²) in [5.74, 6) is -0.934. The predicted octanol–water partition coefficient (Wildman–Crippen LogP) is 3.81. The number of sulfonamides is 1. The summed E-state index contributed by atoms with van der Waals surface area (Å²) >= 11 is 1.29. The highest BCUT2D eigenvalue weighted by Gasteiger charge is 2.15. The van der Waals surface area contributed by atoms with Crippen LogP contribution >= 0.6 is 11.3 Å². The molecule has 0 atom stereocenters. The van der Waals surface area contributed by atoms with Gasteiger partial charge in [0, 0.05) is 11.3 Å². The number of ether oxygens (including phenoxy) is 1. The Morgan fingerprint density at radius 3 is 2.35 bits per heavy atom. The molecule has 0 aliphatic rings. The van der Waals surface area contributed by atoms with Gasteiger partial charge in [-0.15, -0.1) is 0 Å². The maximum absolute atomic E-state index is 12.8.